The van der Waals surface area contributed by atoms with Crippen LogP contribution in [-0.4, -0.2) is 27.1 Å². The van der Waals surface area contributed by atoms with Crippen molar-refractivity contribution < 1.29 is 22.4 Å². The number of aryl methyl sites for hydroxylation is 1. The highest BCUT2D eigenvalue weighted by molar-refractivity contribution is 5.94. The van der Waals surface area contributed by atoms with Crippen molar-refractivity contribution in [3.63, 3.8) is 0 Å². The molecule has 0 aliphatic carbocycles. The van der Waals surface area contributed by atoms with E-state index < -0.39 is 23.7 Å². The molecule has 26 heavy (non-hydrogen) atoms. The number of likely N-dealkylation sites (tertiary alicyclic amines) is 1. The summed E-state index contributed by atoms with van der Waals surface area (Å²) in [7, 11) is 1.45. The number of hydrogen-bond acceptors (Lipinski definition) is 2. The number of alkyl halides is 3. The van der Waals surface area contributed by atoms with Crippen molar-refractivity contribution in [3.05, 3.63) is 53.1 Å². The summed E-state index contributed by atoms with van der Waals surface area (Å²) in [5.74, 6) is -0.762. The predicted octanol–water partition coefficient (Wildman–Crippen LogP) is 4.34. The Hall–Kier alpha value is -2.38. The minimum atomic E-state index is -4.54. The molecule has 2 aromatic rings. The molecule has 1 aromatic carbocycles. The van der Waals surface area contributed by atoms with E-state index in [0.29, 0.717) is 24.2 Å². The SMILES string of the molecule is Cn1nc(C(F)(F)F)cc1[C@@H]1CCCCCN1C(=O)c1ccc(F)cc1. The van der Waals surface area contributed by atoms with Crippen LogP contribution < -0.4 is 0 Å². The average molecular weight is 369 g/mol. The third-order valence-corrected chi connectivity index (χ3v) is 4.65. The van der Waals surface area contributed by atoms with E-state index in [1.54, 1.807) is 4.90 Å². The summed E-state index contributed by atoms with van der Waals surface area (Å²) in [5.41, 5.74) is -0.292. The van der Waals surface area contributed by atoms with Gasteiger partial charge in [0.2, 0.25) is 0 Å². The third kappa shape index (κ3) is 3.73. The van der Waals surface area contributed by atoms with Gasteiger partial charge in [0.15, 0.2) is 5.69 Å². The predicted molar refractivity (Wildman–Crippen MR) is 86.9 cm³/mol. The second kappa shape index (κ2) is 7.09. The number of rotatable bonds is 2. The lowest BCUT2D eigenvalue weighted by Crippen LogP contribution is -2.35. The highest BCUT2D eigenvalue weighted by Gasteiger charge is 2.37. The molecule has 0 bridgehead atoms. The average Bonchev–Trinajstić information content (AvgIpc) is 2.83. The molecule has 0 N–H and O–H groups in total. The summed E-state index contributed by atoms with van der Waals surface area (Å²) in [6, 6.07) is 5.70. The lowest BCUT2D eigenvalue weighted by molar-refractivity contribution is -0.141. The van der Waals surface area contributed by atoms with Crippen LogP contribution in [-0.2, 0) is 13.2 Å². The number of carbonyl (C=O) groups excluding carboxylic acids is 1. The van der Waals surface area contributed by atoms with Crippen LogP contribution in [0.1, 0.15) is 53.5 Å². The molecule has 1 aliphatic heterocycles. The smallest absolute Gasteiger partial charge is 0.330 e. The topological polar surface area (TPSA) is 38.1 Å². The molecule has 1 saturated heterocycles. The lowest BCUT2D eigenvalue weighted by Gasteiger charge is -2.30. The van der Waals surface area contributed by atoms with Crippen LogP contribution in [0.5, 0.6) is 0 Å². The number of halogens is 4. The maximum atomic E-state index is 13.1. The number of benzene rings is 1. The molecule has 2 heterocycles. The Kier molecular flexibility index (Phi) is 5.02. The fourth-order valence-corrected chi connectivity index (χ4v) is 3.35. The van der Waals surface area contributed by atoms with Gasteiger partial charge in [-0.25, -0.2) is 4.39 Å². The first-order valence-electron chi connectivity index (χ1n) is 8.45. The van der Waals surface area contributed by atoms with E-state index in [-0.39, 0.29) is 5.91 Å². The van der Waals surface area contributed by atoms with Crippen molar-refractivity contribution in [2.24, 2.45) is 7.05 Å². The summed E-state index contributed by atoms with van der Waals surface area (Å²) in [5, 5.41) is 3.57. The van der Waals surface area contributed by atoms with Gasteiger partial charge in [0.05, 0.1) is 11.7 Å². The van der Waals surface area contributed by atoms with Gasteiger partial charge in [0.25, 0.3) is 5.91 Å². The first-order valence-corrected chi connectivity index (χ1v) is 8.45. The first kappa shape index (κ1) is 18.4. The molecule has 1 amide bonds. The monoisotopic (exact) mass is 369 g/mol. The van der Waals surface area contributed by atoms with Crippen molar-refractivity contribution in [1.29, 1.82) is 0 Å². The Labute approximate surface area is 148 Å². The van der Waals surface area contributed by atoms with Gasteiger partial charge in [-0.1, -0.05) is 12.8 Å². The Morgan fingerprint density at radius 1 is 1.15 bits per heavy atom. The van der Waals surface area contributed by atoms with E-state index in [1.165, 1.54) is 36.0 Å². The van der Waals surface area contributed by atoms with Gasteiger partial charge >= 0.3 is 6.18 Å². The zero-order chi connectivity index (χ0) is 18.9. The van der Waals surface area contributed by atoms with E-state index in [0.717, 1.165) is 25.3 Å². The second-order valence-corrected chi connectivity index (χ2v) is 6.45. The molecule has 1 aromatic heterocycles. The minimum absolute atomic E-state index is 0.313. The number of hydrogen-bond donors (Lipinski definition) is 0. The van der Waals surface area contributed by atoms with Crippen LogP contribution in [0.25, 0.3) is 0 Å². The van der Waals surface area contributed by atoms with Crippen LogP contribution in [0.4, 0.5) is 17.6 Å². The van der Waals surface area contributed by atoms with Gasteiger partial charge in [-0.05, 0) is 43.2 Å². The van der Waals surface area contributed by atoms with Crippen molar-refractivity contribution >= 4 is 5.91 Å². The molecule has 3 rings (SSSR count). The molecule has 140 valence electrons. The maximum Gasteiger partial charge on any atom is 0.435 e. The lowest BCUT2D eigenvalue weighted by atomic mass is 10.0. The van der Waals surface area contributed by atoms with Crippen LogP contribution in [0.15, 0.2) is 30.3 Å². The number of nitrogens with zero attached hydrogens (tertiary/aromatic N) is 3. The molecular formula is C18H19F4N3O. The molecule has 0 spiro atoms. The summed E-state index contributed by atoms with van der Waals surface area (Å²) in [6.07, 6.45) is -1.50. The van der Waals surface area contributed by atoms with E-state index in [2.05, 4.69) is 5.10 Å². The zero-order valence-corrected chi connectivity index (χ0v) is 14.3. The van der Waals surface area contributed by atoms with Crippen LogP contribution in [0.3, 0.4) is 0 Å². The largest absolute Gasteiger partial charge is 0.435 e. The standard InChI is InChI=1S/C18H19F4N3O/c1-24-15(11-16(23-24)18(20,21)22)14-5-3-2-4-10-25(14)17(26)12-6-8-13(19)9-7-12/h6-9,11,14H,2-5,10H2,1H3/t14-/m0/s1. The molecule has 1 fully saturated rings. The molecule has 0 unspecified atom stereocenters. The van der Waals surface area contributed by atoms with E-state index in [9.17, 15) is 22.4 Å². The quantitative estimate of drug-likeness (QED) is 0.739. The number of aromatic nitrogens is 2. The maximum absolute atomic E-state index is 13.1. The highest BCUT2D eigenvalue weighted by atomic mass is 19.4. The Morgan fingerprint density at radius 3 is 2.46 bits per heavy atom. The van der Waals surface area contributed by atoms with Gasteiger partial charge in [-0.2, -0.15) is 18.3 Å². The van der Waals surface area contributed by atoms with Crippen LogP contribution >= 0.6 is 0 Å². The molecule has 4 nitrogen and oxygen atoms in total. The van der Waals surface area contributed by atoms with E-state index in [4.69, 9.17) is 0 Å². The molecule has 0 radical (unpaired) electrons. The number of amides is 1. The molecular weight excluding hydrogens is 350 g/mol. The molecule has 8 heteroatoms. The molecule has 1 atom stereocenters. The molecule has 0 saturated carbocycles. The first-order chi connectivity index (χ1) is 12.3. The zero-order valence-electron chi connectivity index (χ0n) is 14.3. The number of carbonyl (C=O) groups is 1. The van der Waals surface area contributed by atoms with Gasteiger partial charge in [-0.3, -0.25) is 9.48 Å². The second-order valence-electron chi connectivity index (χ2n) is 6.45. The van der Waals surface area contributed by atoms with Gasteiger partial charge in [0, 0.05) is 19.2 Å². The molecule has 1 aliphatic rings. The Morgan fingerprint density at radius 2 is 1.85 bits per heavy atom. The summed E-state index contributed by atoms with van der Waals surface area (Å²) >= 11 is 0. The van der Waals surface area contributed by atoms with Crippen molar-refractivity contribution in [2.75, 3.05) is 6.54 Å². The summed E-state index contributed by atoms with van der Waals surface area (Å²) < 4.78 is 53.3. The third-order valence-electron chi connectivity index (χ3n) is 4.65. The fourth-order valence-electron chi connectivity index (χ4n) is 3.35. The highest BCUT2D eigenvalue weighted by Crippen LogP contribution is 2.35. The fraction of sp³-hybridized carbons (Fsp3) is 0.444. The summed E-state index contributed by atoms with van der Waals surface area (Å²) in [6.45, 7) is 0.438. The van der Waals surface area contributed by atoms with E-state index in [1.807, 2.05) is 0 Å². The summed E-state index contributed by atoms with van der Waals surface area (Å²) in [4.78, 5) is 14.5. The Balaban J connectivity index is 1.96. The van der Waals surface area contributed by atoms with Crippen molar-refractivity contribution in [3.8, 4) is 0 Å². The van der Waals surface area contributed by atoms with Gasteiger partial charge in [0.1, 0.15) is 5.82 Å². The van der Waals surface area contributed by atoms with Gasteiger partial charge in [-0.15, -0.1) is 0 Å². The van der Waals surface area contributed by atoms with Crippen molar-refractivity contribution in [1.82, 2.24) is 14.7 Å². The van der Waals surface area contributed by atoms with Gasteiger partial charge < -0.3 is 4.90 Å². The van der Waals surface area contributed by atoms with Crippen LogP contribution in [0, 0.1) is 5.82 Å². The minimum Gasteiger partial charge on any atom is -0.330 e. The van der Waals surface area contributed by atoms with E-state index >= 15 is 0 Å². The normalized spacial score (nSPS) is 18.7. The van der Waals surface area contributed by atoms with Crippen LogP contribution in [0.2, 0.25) is 0 Å². The Bertz CT molecular complexity index is 783. The van der Waals surface area contributed by atoms with Crippen molar-refractivity contribution in [2.45, 2.75) is 37.9 Å².